The van der Waals surface area contributed by atoms with Gasteiger partial charge < -0.3 is 15.4 Å². The van der Waals surface area contributed by atoms with Crippen molar-refractivity contribution in [1.29, 1.82) is 0 Å². The highest BCUT2D eigenvalue weighted by atomic mass is 35.5. The van der Waals surface area contributed by atoms with Crippen LogP contribution in [0.25, 0.3) is 0 Å². The van der Waals surface area contributed by atoms with E-state index in [9.17, 15) is 13.6 Å². The number of rotatable bonds is 6. The van der Waals surface area contributed by atoms with E-state index in [4.69, 9.17) is 4.74 Å². The number of carbonyl (C=O) groups excluding carboxylic acids is 1. The normalized spacial score (nSPS) is 18.7. The molecule has 0 spiro atoms. The van der Waals surface area contributed by atoms with Crippen LogP contribution < -0.4 is 15.4 Å². The van der Waals surface area contributed by atoms with Crippen LogP contribution in [0.3, 0.4) is 0 Å². The summed E-state index contributed by atoms with van der Waals surface area (Å²) in [4.78, 5) is 11.9. The molecule has 130 valence electrons. The van der Waals surface area contributed by atoms with Crippen molar-refractivity contribution in [2.24, 2.45) is 5.92 Å². The van der Waals surface area contributed by atoms with Crippen molar-refractivity contribution in [3.63, 3.8) is 0 Å². The highest BCUT2D eigenvalue weighted by Gasteiger charge is 2.17. The fourth-order valence-corrected chi connectivity index (χ4v) is 2.52. The van der Waals surface area contributed by atoms with Gasteiger partial charge in [0.1, 0.15) is 5.75 Å². The second-order valence-electron chi connectivity index (χ2n) is 5.63. The summed E-state index contributed by atoms with van der Waals surface area (Å²) < 4.78 is 31.2. The lowest BCUT2D eigenvalue weighted by Gasteiger charge is -2.23. The Kier molecular flexibility index (Phi) is 8.26. The van der Waals surface area contributed by atoms with Crippen molar-refractivity contribution in [3.05, 3.63) is 29.8 Å². The van der Waals surface area contributed by atoms with Gasteiger partial charge >= 0.3 is 0 Å². The molecule has 1 aromatic rings. The zero-order chi connectivity index (χ0) is 15.9. The first-order chi connectivity index (χ1) is 10.6. The van der Waals surface area contributed by atoms with Gasteiger partial charge in [-0.1, -0.05) is 0 Å². The number of piperidine rings is 1. The van der Waals surface area contributed by atoms with Crippen molar-refractivity contribution >= 4 is 18.3 Å². The standard InChI is InChI=1S/C16H22F2N2O2.ClH/c1-11(22-13-4-5-14(17)15(18)9-13)16(21)20-8-6-12-3-2-7-19-10-12;/h4-5,9,11-12,19H,2-3,6-8,10H2,1H3,(H,20,21);1H. The summed E-state index contributed by atoms with van der Waals surface area (Å²) in [6.07, 6.45) is 2.53. The van der Waals surface area contributed by atoms with Gasteiger partial charge in [-0.05, 0) is 57.3 Å². The van der Waals surface area contributed by atoms with E-state index >= 15 is 0 Å². The second kappa shape index (κ2) is 9.67. The van der Waals surface area contributed by atoms with Crippen LogP contribution >= 0.6 is 12.4 Å². The average Bonchev–Trinajstić information content (AvgIpc) is 2.52. The number of hydrogen-bond acceptors (Lipinski definition) is 3. The van der Waals surface area contributed by atoms with E-state index in [0.29, 0.717) is 12.5 Å². The van der Waals surface area contributed by atoms with Crippen molar-refractivity contribution < 1.29 is 18.3 Å². The van der Waals surface area contributed by atoms with Crippen LogP contribution in [0.15, 0.2) is 18.2 Å². The Hall–Kier alpha value is -1.40. The second-order valence-corrected chi connectivity index (χ2v) is 5.63. The first-order valence-electron chi connectivity index (χ1n) is 7.66. The maximum atomic E-state index is 13.1. The predicted molar refractivity (Wildman–Crippen MR) is 86.9 cm³/mol. The zero-order valence-corrected chi connectivity index (χ0v) is 13.9. The van der Waals surface area contributed by atoms with Crippen LogP contribution in [-0.4, -0.2) is 31.6 Å². The molecule has 1 heterocycles. The minimum atomic E-state index is -0.991. The molecule has 7 heteroatoms. The molecule has 0 aromatic heterocycles. The van der Waals surface area contributed by atoms with Gasteiger partial charge in [-0.3, -0.25) is 4.79 Å². The molecule has 2 unspecified atom stereocenters. The van der Waals surface area contributed by atoms with E-state index in [1.165, 1.54) is 18.9 Å². The van der Waals surface area contributed by atoms with Crippen LogP contribution in [0.1, 0.15) is 26.2 Å². The molecule has 4 nitrogen and oxygen atoms in total. The van der Waals surface area contributed by atoms with Gasteiger partial charge in [0, 0.05) is 12.6 Å². The van der Waals surface area contributed by atoms with E-state index in [1.807, 2.05) is 0 Å². The molecule has 23 heavy (non-hydrogen) atoms. The molecule has 0 bridgehead atoms. The van der Waals surface area contributed by atoms with Gasteiger partial charge in [-0.2, -0.15) is 0 Å². The molecule has 2 rings (SSSR count). The molecule has 1 saturated heterocycles. The molecule has 1 aliphatic heterocycles. The van der Waals surface area contributed by atoms with Crippen molar-refractivity contribution in [2.75, 3.05) is 19.6 Å². The molecule has 2 N–H and O–H groups in total. The van der Waals surface area contributed by atoms with Crippen molar-refractivity contribution in [3.8, 4) is 5.75 Å². The lowest BCUT2D eigenvalue weighted by atomic mass is 9.96. The Balaban J connectivity index is 0.00000264. The van der Waals surface area contributed by atoms with Crippen LogP contribution in [-0.2, 0) is 4.79 Å². The molecule has 1 amide bonds. The number of amides is 1. The highest BCUT2D eigenvalue weighted by Crippen LogP contribution is 2.17. The smallest absolute Gasteiger partial charge is 0.260 e. The van der Waals surface area contributed by atoms with Gasteiger partial charge in [0.05, 0.1) is 0 Å². The number of hydrogen-bond donors (Lipinski definition) is 2. The summed E-state index contributed by atoms with van der Waals surface area (Å²) in [5.74, 6) is -1.46. The lowest BCUT2D eigenvalue weighted by Crippen LogP contribution is -2.38. The molecule has 1 aliphatic rings. The molecule has 1 fully saturated rings. The van der Waals surface area contributed by atoms with Gasteiger partial charge in [-0.25, -0.2) is 8.78 Å². The van der Waals surface area contributed by atoms with Crippen LogP contribution in [0.4, 0.5) is 8.78 Å². The number of halogens is 3. The Bertz CT molecular complexity index is 511. The first kappa shape index (κ1) is 19.6. The van der Waals surface area contributed by atoms with E-state index < -0.39 is 17.7 Å². The Morgan fingerprint density at radius 3 is 2.87 bits per heavy atom. The van der Waals surface area contributed by atoms with Gasteiger partial charge in [-0.15, -0.1) is 12.4 Å². The minimum absolute atomic E-state index is 0. The summed E-state index contributed by atoms with van der Waals surface area (Å²) in [5.41, 5.74) is 0. The largest absolute Gasteiger partial charge is 0.481 e. The Labute approximate surface area is 141 Å². The summed E-state index contributed by atoms with van der Waals surface area (Å²) in [6.45, 7) is 4.24. The van der Waals surface area contributed by atoms with E-state index in [2.05, 4.69) is 10.6 Å². The van der Waals surface area contributed by atoms with Crippen molar-refractivity contribution in [2.45, 2.75) is 32.3 Å². The predicted octanol–water partition coefficient (Wildman–Crippen LogP) is 2.66. The number of benzene rings is 1. The molecule has 0 radical (unpaired) electrons. The molecule has 0 aliphatic carbocycles. The molecule has 2 atom stereocenters. The number of nitrogens with one attached hydrogen (secondary N) is 2. The van der Waals surface area contributed by atoms with E-state index in [-0.39, 0.29) is 24.1 Å². The quantitative estimate of drug-likeness (QED) is 0.831. The minimum Gasteiger partial charge on any atom is -0.481 e. The maximum absolute atomic E-state index is 13.1. The third kappa shape index (κ3) is 6.31. The summed E-state index contributed by atoms with van der Waals surface area (Å²) in [7, 11) is 0. The summed E-state index contributed by atoms with van der Waals surface area (Å²) >= 11 is 0. The average molecular weight is 349 g/mol. The molecule has 1 aromatic carbocycles. The number of ether oxygens (including phenoxy) is 1. The van der Waals surface area contributed by atoms with Crippen LogP contribution in [0.2, 0.25) is 0 Å². The SMILES string of the molecule is CC(Oc1ccc(F)c(F)c1)C(=O)NCCC1CCCNC1.Cl. The maximum Gasteiger partial charge on any atom is 0.260 e. The third-order valence-electron chi connectivity index (χ3n) is 3.82. The van der Waals surface area contributed by atoms with Gasteiger partial charge in [0.25, 0.3) is 5.91 Å². The molecule has 0 saturated carbocycles. The summed E-state index contributed by atoms with van der Waals surface area (Å²) in [5, 5.41) is 6.15. The Morgan fingerprint density at radius 2 is 2.22 bits per heavy atom. The molecular formula is C16H23ClF2N2O2. The zero-order valence-electron chi connectivity index (χ0n) is 13.1. The van der Waals surface area contributed by atoms with E-state index in [1.54, 1.807) is 6.92 Å². The number of carbonyl (C=O) groups is 1. The van der Waals surface area contributed by atoms with E-state index in [0.717, 1.165) is 31.6 Å². The fraction of sp³-hybridized carbons (Fsp3) is 0.562. The lowest BCUT2D eigenvalue weighted by molar-refractivity contribution is -0.127. The van der Waals surface area contributed by atoms with Crippen molar-refractivity contribution in [1.82, 2.24) is 10.6 Å². The monoisotopic (exact) mass is 348 g/mol. The third-order valence-corrected chi connectivity index (χ3v) is 3.82. The fourth-order valence-electron chi connectivity index (χ4n) is 2.52. The topological polar surface area (TPSA) is 50.4 Å². The van der Waals surface area contributed by atoms with Crippen LogP contribution in [0, 0.1) is 17.6 Å². The summed E-state index contributed by atoms with van der Waals surface area (Å²) in [6, 6.07) is 3.22. The van der Waals surface area contributed by atoms with Gasteiger partial charge in [0.2, 0.25) is 0 Å². The first-order valence-corrected chi connectivity index (χ1v) is 7.66. The van der Waals surface area contributed by atoms with Gasteiger partial charge in [0.15, 0.2) is 17.7 Å². The van der Waals surface area contributed by atoms with Crippen LogP contribution in [0.5, 0.6) is 5.75 Å². The Morgan fingerprint density at radius 1 is 1.43 bits per heavy atom. The highest BCUT2D eigenvalue weighted by molar-refractivity contribution is 5.85. The molecular weight excluding hydrogens is 326 g/mol.